The fraction of sp³-hybridized carbons (Fsp3) is 0. The van der Waals surface area contributed by atoms with Gasteiger partial charge in [0.2, 0.25) is 0 Å². The fourth-order valence-corrected chi connectivity index (χ4v) is 0.697. The van der Waals surface area contributed by atoms with Crippen LogP contribution in [0.3, 0.4) is 0 Å². The van der Waals surface area contributed by atoms with Gasteiger partial charge in [-0.25, -0.2) is 6.92 Å². The molecule has 0 fully saturated rings. The second kappa shape index (κ2) is 5.35. The molecule has 0 radical (unpaired) electrons. The minimum atomic E-state index is 0. The van der Waals surface area contributed by atoms with Crippen LogP contribution in [0.5, 0.6) is 0 Å². The molecule has 0 spiro atoms. The zero-order chi connectivity index (χ0) is 7.40. The molecule has 1 aromatic carbocycles. The molecular formula is C9H9NU. The van der Waals surface area contributed by atoms with Gasteiger partial charge in [0.1, 0.15) is 0 Å². The quantitative estimate of drug-likeness (QED) is 0.749. The van der Waals surface area contributed by atoms with Gasteiger partial charge in [0, 0.05) is 0 Å². The molecule has 11 heavy (non-hydrogen) atoms. The summed E-state index contributed by atoms with van der Waals surface area (Å²) in [6.45, 7) is 3.55. The fourth-order valence-electron chi connectivity index (χ4n) is 0.697. The van der Waals surface area contributed by atoms with E-state index >= 15 is 0 Å². The van der Waals surface area contributed by atoms with Crippen LogP contribution in [-0.4, -0.2) is 0 Å². The van der Waals surface area contributed by atoms with E-state index in [4.69, 9.17) is 5.73 Å². The van der Waals surface area contributed by atoms with Crippen LogP contribution in [-0.2, 0) is 0 Å². The van der Waals surface area contributed by atoms with Crippen molar-refractivity contribution in [1.29, 1.82) is 0 Å². The van der Waals surface area contributed by atoms with E-state index in [9.17, 15) is 0 Å². The van der Waals surface area contributed by atoms with Crippen molar-refractivity contribution >= 4 is 6.08 Å². The minimum Gasteiger partial charge on any atom is -0.423 e. The van der Waals surface area contributed by atoms with Crippen LogP contribution >= 0.6 is 0 Å². The van der Waals surface area contributed by atoms with E-state index in [0.29, 0.717) is 5.70 Å². The van der Waals surface area contributed by atoms with Crippen molar-refractivity contribution in [3.05, 3.63) is 48.5 Å². The third-order valence-electron chi connectivity index (χ3n) is 1.07. The molecule has 0 saturated heterocycles. The van der Waals surface area contributed by atoms with Crippen molar-refractivity contribution in [2.24, 2.45) is 5.73 Å². The monoisotopic (exact) mass is 369 g/mol. The summed E-state index contributed by atoms with van der Waals surface area (Å²) in [6, 6.07) is 10.6. The van der Waals surface area contributed by atoms with Crippen LogP contribution in [0, 0.1) is 44.1 Å². The smallest absolute Gasteiger partial charge is 0.423 e. The van der Waals surface area contributed by atoms with Gasteiger partial charge in [-0.15, -0.1) is 36.4 Å². The first-order valence-corrected chi connectivity index (χ1v) is 3.05. The minimum absolute atomic E-state index is 0. The third-order valence-corrected chi connectivity index (χ3v) is 1.07. The molecule has 54 valence electrons. The van der Waals surface area contributed by atoms with Gasteiger partial charge in [-0.1, -0.05) is 5.70 Å². The third kappa shape index (κ3) is 4.19. The van der Waals surface area contributed by atoms with Crippen molar-refractivity contribution in [3.8, 4) is 0 Å². The van der Waals surface area contributed by atoms with Gasteiger partial charge in [0.15, 0.2) is 0 Å². The summed E-state index contributed by atoms with van der Waals surface area (Å²) < 4.78 is 0. The molecule has 0 aliphatic rings. The Balaban J connectivity index is 0.000001000. The topological polar surface area (TPSA) is 26.0 Å². The zero-order valence-corrected chi connectivity index (χ0v) is 10.3. The molecule has 1 rings (SSSR count). The van der Waals surface area contributed by atoms with E-state index in [0.717, 1.165) is 5.56 Å². The number of rotatable bonds is 1. The van der Waals surface area contributed by atoms with E-state index in [1.54, 1.807) is 6.08 Å². The molecular weight excluding hydrogens is 360 g/mol. The second-order valence-electron chi connectivity index (χ2n) is 2.04. The molecule has 0 aliphatic heterocycles. The van der Waals surface area contributed by atoms with Gasteiger partial charge in [0.25, 0.3) is 0 Å². The van der Waals surface area contributed by atoms with E-state index in [-0.39, 0.29) is 31.1 Å². The standard InChI is InChI=1S/C9H9N.U/c1-8(10)7-9-5-3-2-4-6-9;/h2-5,7H,1,10H2;/q-2;+2. The average Bonchev–Trinajstić information content (AvgIpc) is 1.88. The first-order valence-electron chi connectivity index (χ1n) is 3.05. The Morgan fingerprint density at radius 2 is 2.27 bits per heavy atom. The number of allylic oxidation sites excluding steroid dienone is 1. The molecule has 1 aromatic rings. The van der Waals surface area contributed by atoms with Crippen LogP contribution in [0.2, 0.25) is 0 Å². The van der Waals surface area contributed by atoms with Crippen LogP contribution in [0.4, 0.5) is 0 Å². The molecule has 0 heterocycles. The van der Waals surface area contributed by atoms with E-state index in [2.05, 4.69) is 13.0 Å². The number of hydrogen-bond donors (Lipinski definition) is 1. The molecule has 0 aromatic heterocycles. The van der Waals surface area contributed by atoms with Crippen molar-refractivity contribution in [3.63, 3.8) is 0 Å². The SMILES string of the molecule is [CH2-]C(N)=Cc1[c-]cccc1.[U+2]. The second-order valence-corrected chi connectivity index (χ2v) is 2.04. The van der Waals surface area contributed by atoms with Crippen LogP contribution in [0.25, 0.3) is 6.08 Å². The maximum absolute atomic E-state index is 5.35. The Morgan fingerprint density at radius 1 is 1.55 bits per heavy atom. The van der Waals surface area contributed by atoms with Crippen LogP contribution < -0.4 is 5.73 Å². The summed E-state index contributed by atoms with van der Waals surface area (Å²) in [5.74, 6) is 0. The number of hydrogen-bond acceptors (Lipinski definition) is 1. The average molecular weight is 369 g/mol. The van der Waals surface area contributed by atoms with Crippen LogP contribution in [0.1, 0.15) is 5.56 Å². The Hall–Kier alpha value is -0.318. The van der Waals surface area contributed by atoms with Crippen molar-refractivity contribution in [1.82, 2.24) is 0 Å². The predicted molar refractivity (Wildman–Crippen MR) is 42.8 cm³/mol. The van der Waals surface area contributed by atoms with Gasteiger partial charge in [0.05, 0.1) is 0 Å². The predicted octanol–water partition coefficient (Wildman–Crippen LogP) is 1.62. The Labute approximate surface area is 91.1 Å². The first kappa shape index (κ1) is 10.7. The Kier molecular flexibility index (Phi) is 5.19. The molecule has 0 unspecified atom stereocenters. The summed E-state index contributed by atoms with van der Waals surface area (Å²) in [6.07, 6.45) is 1.78. The van der Waals surface area contributed by atoms with Crippen LogP contribution in [0.15, 0.2) is 30.0 Å². The summed E-state index contributed by atoms with van der Waals surface area (Å²) in [7, 11) is 0. The largest absolute Gasteiger partial charge is 2.00 e. The summed E-state index contributed by atoms with van der Waals surface area (Å²) in [5.41, 5.74) is 6.88. The molecule has 1 nitrogen and oxygen atoms in total. The summed E-state index contributed by atoms with van der Waals surface area (Å²) in [5, 5.41) is 0. The van der Waals surface area contributed by atoms with Gasteiger partial charge in [-0.2, -0.15) is 5.56 Å². The zero-order valence-electron chi connectivity index (χ0n) is 6.17. The Morgan fingerprint density at radius 3 is 2.73 bits per heavy atom. The Bertz CT molecular complexity index is 225. The van der Waals surface area contributed by atoms with Crippen molar-refractivity contribution in [2.45, 2.75) is 0 Å². The van der Waals surface area contributed by atoms with Gasteiger partial charge in [-0.3, -0.25) is 0 Å². The van der Waals surface area contributed by atoms with E-state index in [1.165, 1.54) is 0 Å². The molecule has 0 aliphatic carbocycles. The van der Waals surface area contributed by atoms with Crippen molar-refractivity contribution in [2.75, 3.05) is 0 Å². The summed E-state index contributed by atoms with van der Waals surface area (Å²) >= 11 is 0. The maximum Gasteiger partial charge on any atom is 2.00 e. The van der Waals surface area contributed by atoms with Gasteiger partial charge >= 0.3 is 31.1 Å². The molecule has 0 bridgehead atoms. The molecule has 2 heteroatoms. The van der Waals surface area contributed by atoms with Gasteiger partial charge in [-0.05, 0) is 0 Å². The van der Waals surface area contributed by atoms with E-state index in [1.807, 2.05) is 24.3 Å². The number of nitrogens with two attached hydrogens (primary N) is 1. The number of benzene rings is 1. The summed E-state index contributed by atoms with van der Waals surface area (Å²) in [4.78, 5) is 0. The maximum atomic E-state index is 5.35. The molecule has 0 amide bonds. The normalized spacial score (nSPS) is 10.4. The molecule has 2 N–H and O–H groups in total. The molecule has 0 saturated carbocycles. The van der Waals surface area contributed by atoms with E-state index < -0.39 is 0 Å². The first-order chi connectivity index (χ1) is 4.79. The van der Waals surface area contributed by atoms with Crippen molar-refractivity contribution < 1.29 is 31.1 Å². The molecule has 0 atom stereocenters. The van der Waals surface area contributed by atoms with Gasteiger partial charge < -0.3 is 5.73 Å².